The Hall–Kier alpha value is -3.59. The van der Waals surface area contributed by atoms with Crippen molar-refractivity contribution in [3.05, 3.63) is 70.2 Å². The molecule has 3 heterocycles. The monoisotopic (exact) mass is 373 g/mol. The van der Waals surface area contributed by atoms with E-state index in [1.54, 1.807) is 36.7 Å². The van der Waals surface area contributed by atoms with Crippen LogP contribution < -0.4 is 5.32 Å². The van der Waals surface area contributed by atoms with Crippen molar-refractivity contribution in [2.45, 2.75) is 26.7 Å². The predicted molar refractivity (Wildman–Crippen MR) is 103 cm³/mol. The number of aromatic nitrogens is 1. The Bertz CT molecular complexity index is 1130. The molecule has 6 heteroatoms. The largest absolute Gasteiger partial charge is 0.463 e. The number of hydrogen-bond donors (Lipinski definition) is 1. The molecule has 0 amide bonds. The number of benzene rings is 1. The normalized spacial score (nSPS) is 17.8. The minimum absolute atomic E-state index is 0.108. The molecule has 0 aliphatic carbocycles. The maximum absolute atomic E-state index is 12.8. The molecule has 1 unspecified atom stereocenters. The fourth-order valence-corrected chi connectivity index (χ4v) is 4.10. The summed E-state index contributed by atoms with van der Waals surface area (Å²) in [6, 6.07) is 11.4. The minimum Gasteiger partial charge on any atom is -0.463 e. The maximum Gasteiger partial charge on any atom is 0.336 e. The average Bonchev–Trinajstić information content (AvgIpc) is 3.24. The number of ether oxygens (including phenoxy) is 1. The van der Waals surface area contributed by atoms with Gasteiger partial charge >= 0.3 is 5.97 Å². The lowest BCUT2D eigenvalue weighted by molar-refractivity contribution is -0.138. The topological polar surface area (TPSA) is 84.1 Å². The summed E-state index contributed by atoms with van der Waals surface area (Å²) < 4.78 is 6.88. The van der Waals surface area contributed by atoms with Crippen LogP contribution in [-0.4, -0.2) is 23.1 Å². The lowest BCUT2D eigenvalue weighted by Crippen LogP contribution is -2.29. The highest BCUT2D eigenvalue weighted by molar-refractivity contribution is 6.10. The molecule has 0 fully saturated rings. The molecule has 140 valence electrons. The molecule has 0 spiro atoms. The fourth-order valence-electron chi connectivity index (χ4n) is 4.10. The van der Waals surface area contributed by atoms with Gasteiger partial charge in [-0.2, -0.15) is 5.26 Å². The molecular weight excluding hydrogens is 354 g/mol. The lowest BCUT2D eigenvalue weighted by Gasteiger charge is -2.29. The summed E-state index contributed by atoms with van der Waals surface area (Å²) in [6.07, 6.45) is 1.73. The van der Waals surface area contributed by atoms with Gasteiger partial charge in [-0.3, -0.25) is 9.36 Å². The van der Waals surface area contributed by atoms with Crippen LogP contribution in [0.1, 0.15) is 42.6 Å². The van der Waals surface area contributed by atoms with Gasteiger partial charge in [0.2, 0.25) is 0 Å². The van der Waals surface area contributed by atoms with E-state index in [9.17, 15) is 14.9 Å². The second-order valence-corrected chi connectivity index (χ2v) is 6.81. The van der Waals surface area contributed by atoms with Crippen LogP contribution in [0.25, 0.3) is 11.3 Å². The highest BCUT2D eigenvalue weighted by Crippen LogP contribution is 2.45. The van der Waals surface area contributed by atoms with Crippen molar-refractivity contribution >= 4 is 11.9 Å². The van der Waals surface area contributed by atoms with Crippen LogP contribution in [0.15, 0.2) is 59.1 Å². The first kappa shape index (κ1) is 17.8. The van der Waals surface area contributed by atoms with Gasteiger partial charge in [0.15, 0.2) is 0 Å². The van der Waals surface area contributed by atoms with Gasteiger partial charge in [-0.25, -0.2) is 4.79 Å². The van der Waals surface area contributed by atoms with Crippen LogP contribution >= 0.6 is 0 Å². The Labute approximate surface area is 162 Å². The molecule has 6 nitrogen and oxygen atoms in total. The van der Waals surface area contributed by atoms with E-state index in [-0.39, 0.29) is 12.5 Å². The number of nitriles is 1. The first-order valence-electron chi connectivity index (χ1n) is 9.10. The zero-order valence-electron chi connectivity index (χ0n) is 15.9. The maximum atomic E-state index is 12.8. The summed E-state index contributed by atoms with van der Waals surface area (Å²) in [4.78, 5) is 25.5. The van der Waals surface area contributed by atoms with Crippen molar-refractivity contribution in [3.63, 3.8) is 0 Å². The summed E-state index contributed by atoms with van der Waals surface area (Å²) in [5.41, 5.74) is 5.04. The number of carbonyl (C=O) groups is 2. The summed E-state index contributed by atoms with van der Waals surface area (Å²) in [7, 11) is 0. The summed E-state index contributed by atoms with van der Waals surface area (Å²) in [5, 5.41) is 13.0. The van der Waals surface area contributed by atoms with Crippen LogP contribution in [0.4, 0.5) is 0 Å². The third-order valence-corrected chi connectivity index (χ3v) is 5.24. The van der Waals surface area contributed by atoms with Gasteiger partial charge in [0.1, 0.15) is 0 Å². The Kier molecular flexibility index (Phi) is 4.16. The van der Waals surface area contributed by atoms with E-state index >= 15 is 0 Å². The van der Waals surface area contributed by atoms with E-state index < -0.39 is 11.9 Å². The smallest absolute Gasteiger partial charge is 0.336 e. The van der Waals surface area contributed by atoms with Crippen LogP contribution in [0, 0.1) is 11.3 Å². The number of fused-ring (bicyclic) bond motifs is 3. The third-order valence-electron chi connectivity index (χ3n) is 5.24. The summed E-state index contributed by atoms with van der Waals surface area (Å²) in [6.45, 7) is 5.60. The van der Waals surface area contributed by atoms with Crippen molar-refractivity contribution < 1.29 is 14.3 Å². The molecule has 2 aromatic rings. The molecule has 1 aromatic carbocycles. The molecule has 28 heavy (non-hydrogen) atoms. The molecule has 0 saturated heterocycles. The predicted octanol–water partition coefficient (Wildman–Crippen LogP) is 3.48. The molecule has 1 N–H and O–H groups in total. The van der Waals surface area contributed by atoms with Crippen LogP contribution in [0.2, 0.25) is 0 Å². The first-order valence-corrected chi connectivity index (χ1v) is 9.10. The molecule has 0 saturated carbocycles. The van der Waals surface area contributed by atoms with E-state index in [0.29, 0.717) is 28.1 Å². The second-order valence-electron chi connectivity index (χ2n) is 6.81. The van der Waals surface area contributed by atoms with Gasteiger partial charge in [-0.15, -0.1) is 0 Å². The number of dihydropyridines is 1. The molecule has 0 bridgehead atoms. The number of rotatable bonds is 3. The minimum atomic E-state index is -0.602. The number of nitrogens with one attached hydrogen (secondary N) is 1. The van der Waals surface area contributed by atoms with Crippen LogP contribution in [0.5, 0.6) is 0 Å². The quantitative estimate of drug-likeness (QED) is 0.711. The zero-order valence-corrected chi connectivity index (χ0v) is 15.9. The second kappa shape index (κ2) is 6.54. The Morgan fingerprint density at radius 3 is 2.75 bits per heavy atom. The van der Waals surface area contributed by atoms with Gasteiger partial charge in [0.05, 0.1) is 35.4 Å². The highest BCUT2D eigenvalue weighted by atomic mass is 16.5. The van der Waals surface area contributed by atoms with E-state index in [1.807, 2.05) is 25.1 Å². The number of esters is 1. The summed E-state index contributed by atoms with van der Waals surface area (Å²) >= 11 is 0. The molecule has 4 rings (SSSR count). The Morgan fingerprint density at radius 1 is 1.25 bits per heavy atom. The first-order chi connectivity index (χ1) is 13.5. The SMILES string of the molecule is CCOC(=O)C1=C(C)NC(C)=C(C#N)C1c1cccc2c1-c1cccn1C2=O. The van der Waals surface area contributed by atoms with Gasteiger partial charge in [0.25, 0.3) is 5.91 Å². The van der Waals surface area contributed by atoms with Gasteiger partial charge < -0.3 is 10.1 Å². The molecular formula is C22H19N3O3. The number of hydrogen-bond acceptors (Lipinski definition) is 5. The zero-order chi connectivity index (χ0) is 20.0. The molecule has 2 aliphatic heterocycles. The Morgan fingerprint density at radius 2 is 2.04 bits per heavy atom. The van der Waals surface area contributed by atoms with Gasteiger partial charge in [0, 0.05) is 28.7 Å². The van der Waals surface area contributed by atoms with Crippen LogP contribution in [0.3, 0.4) is 0 Å². The molecule has 1 aromatic heterocycles. The standard InChI is InChI=1S/C22H19N3O3/c1-4-28-22(27)18-13(3)24-12(2)16(11-23)20(18)14-7-5-8-15-19(14)17-9-6-10-25(17)21(15)26/h5-10,20,24H,4H2,1-3H3. The van der Waals surface area contributed by atoms with E-state index in [0.717, 1.165) is 16.8 Å². The molecule has 1 atom stereocenters. The molecule has 0 radical (unpaired) electrons. The van der Waals surface area contributed by atoms with Crippen molar-refractivity contribution in [1.82, 2.24) is 9.88 Å². The fraction of sp³-hybridized carbons (Fsp3) is 0.227. The van der Waals surface area contributed by atoms with Crippen molar-refractivity contribution in [3.8, 4) is 17.3 Å². The summed E-state index contributed by atoms with van der Waals surface area (Å²) in [5.74, 6) is -1.17. The third kappa shape index (κ3) is 2.40. The highest BCUT2D eigenvalue weighted by Gasteiger charge is 2.38. The lowest BCUT2D eigenvalue weighted by atomic mass is 9.78. The molecule has 2 aliphatic rings. The van der Waals surface area contributed by atoms with Gasteiger partial charge in [-0.1, -0.05) is 12.1 Å². The van der Waals surface area contributed by atoms with Crippen molar-refractivity contribution in [2.75, 3.05) is 6.61 Å². The van der Waals surface area contributed by atoms with Crippen molar-refractivity contribution in [1.29, 1.82) is 5.26 Å². The number of allylic oxidation sites excluding steroid dienone is 3. The van der Waals surface area contributed by atoms with E-state index in [1.165, 1.54) is 0 Å². The average molecular weight is 373 g/mol. The Balaban J connectivity index is 2.00. The van der Waals surface area contributed by atoms with Crippen LogP contribution in [-0.2, 0) is 9.53 Å². The number of carbonyl (C=O) groups excluding carboxylic acids is 2. The van der Waals surface area contributed by atoms with E-state index in [4.69, 9.17) is 4.74 Å². The number of nitrogens with zero attached hydrogens (tertiary/aromatic N) is 2. The van der Waals surface area contributed by atoms with Gasteiger partial charge in [-0.05, 0) is 44.5 Å². The van der Waals surface area contributed by atoms with E-state index in [2.05, 4.69) is 11.4 Å². The van der Waals surface area contributed by atoms with Crippen molar-refractivity contribution in [2.24, 2.45) is 0 Å².